The van der Waals surface area contributed by atoms with Gasteiger partial charge in [0, 0.05) is 6.20 Å². The van der Waals surface area contributed by atoms with E-state index in [9.17, 15) is 0 Å². The van der Waals surface area contributed by atoms with E-state index in [1.54, 1.807) is 12.4 Å². The Morgan fingerprint density at radius 2 is 2.67 bits per heavy atom. The van der Waals surface area contributed by atoms with Gasteiger partial charge in [0.05, 0.1) is 12.0 Å². The lowest BCUT2D eigenvalue weighted by Crippen LogP contribution is -1.80. The Kier molecular flexibility index (Phi) is 2.07. The number of H-pyrrole nitrogens is 1. The van der Waals surface area contributed by atoms with Crippen molar-refractivity contribution in [2.45, 2.75) is 12.8 Å². The number of aromatic nitrogens is 2. The summed E-state index contributed by atoms with van der Waals surface area (Å²) < 4.78 is 0. The smallest absolute Gasteiger partial charge is 0.0923 e. The fraction of sp³-hybridized carbons (Fsp3) is 0.286. The summed E-state index contributed by atoms with van der Waals surface area (Å²) in [6.07, 6.45) is 7.02. The van der Waals surface area contributed by atoms with Gasteiger partial charge in [-0.15, -0.1) is 0 Å². The predicted molar refractivity (Wildman–Crippen MR) is 35.8 cm³/mol. The van der Waals surface area contributed by atoms with Crippen LogP contribution in [-0.4, -0.2) is 9.97 Å². The molecule has 0 aliphatic carbocycles. The van der Waals surface area contributed by atoms with Gasteiger partial charge in [-0.25, -0.2) is 4.98 Å². The van der Waals surface area contributed by atoms with Crippen LogP contribution in [0.25, 0.3) is 0 Å². The van der Waals surface area contributed by atoms with E-state index < -0.39 is 0 Å². The van der Waals surface area contributed by atoms with Crippen LogP contribution in [0.3, 0.4) is 0 Å². The third-order valence-corrected chi connectivity index (χ3v) is 1.12. The maximum Gasteiger partial charge on any atom is 0.0923 e. The van der Waals surface area contributed by atoms with E-state index >= 15 is 0 Å². The maximum absolute atomic E-state index is 5.18. The fourth-order valence-electron chi connectivity index (χ4n) is 0.659. The molecule has 47 valence electrons. The molecule has 0 fully saturated rings. The molecule has 0 unspecified atom stereocenters. The number of aryl methyl sites for hydroxylation is 1. The first kappa shape index (κ1) is 6.08. The fourth-order valence-corrected chi connectivity index (χ4v) is 0.659. The largest absolute Gasteiger partial charge is 0.351 e. The highest BCUT2D eigenvalue weighted by atomic mass is 14.9. The molecule has 0 aliphatic rings. The zero-order valence-electron chi connectivity index (χ0n) is 5.17. The Morgan fingerprint density at radius 3 is 3.22 bits per heavy atom. The molecule has 1 aromatic rings. The highest BCUT2D eigenvalue weighted by molar-refractivity contribution is 4.95. The molecule has 9 heavy (non-hydrogen) atoms. The molecular formula is C7H9N2. The molecule has 2 nitrogen and oxygen atoms in total. The highest BCUT2D eigenvalue weighted by Crippen LogP contribution is 1.95. The second-order valence-corrected chi connectivity index (χ2v) is 1.83. The minimum Gasteiger partial charge on any atom is -0.351 e. The minimum atomic E-state index is 0.894. The number of aromatic amines is 1. The normalized spacial score (nSPS) is 9.33. The van der Waals surface area contributed by atoms with Crippen molar-refractivity contribution in [3.63, 3.8) is 0 Å². The molecule has 0 bridgehead atoms. The molecular weight excluding hydrogens is 112 g/mol. The van der Waals surface area contributed by atoms with E-state index in [4.69, 9.17) is 6.58 Å². The standard InChI is InChI=1S/C7H9N2/c1-2-3-4-7-5-8-6-9-7/h1-2,5-6H,3-4H2,(H,8,9). The Hall–Kier alpha value is -1.05. The van der Waals surface area contributed by atoms with Crippen LogP contribution >= 0.6 is 0 Å². The van der Waals surface area contributed by atoms with Crippen molar-refractivity contribution in [1.29, 1.82) is 0 Å². The number of imidazole rings is 1. The van der Waals surface area contributed by atoms with Gasteiger partial charge in [0.25, 0.3) is 0 Å². The molecule has 1 rings (SSSR count). The van der Waals surface area contributed by atoms with Gasteiger partial charge in [-0.3, -0.25) is 0 Å². The molecule has 0 aliphatic heterocycles. The number of hydrogen-bond donors (Lipinski definition) is 1. The van der Waals surface area contributed by atoms with Crippen LogP contribution in [0.15, 0.2) is 18.6 Å². The van der Waals surface area contributed by atoms with Gasteiger partial charge in [-0.1, -0.05) is 12.7 Å². The van der Waals surface area contributed by atoms with E-state index in [0.29, 0.717) is 0 Å². The van der Waals surface area contributed by atoms with Gasteiger partial charge in [0.15, 0.2) is 0 Å². The summed E-state index contributed by atoms with van der Waals surface area (Å²) in [7, 11) is 0. The lowest BCUT2D eigenvalue weighted by molar-refractivity contribution is 0.959. The van der Waals surface area contributed by atoms with Crippen molar-refractivity contribution in [3.8, 4) is 0 Å². The summed E-state index contributed by atoms with van der Waals surface area (Å²) in [6.45, 7) is 5.18. The number of nitrogens with one attached hydrogen (secondary N) is 1. The third kappa shape index (κ3) is 1.72. The van der Waals surface area contributed by atoms with Crippen molar-refractivity contribution in [1.82, 2.24) is 9.97 Å². The molecule has 1 radical (unpaired) electrons. The van der Waals surface area contributed by atoms with Crippen LogP contribution < -0.4 is 0 Å². The van der Waals surface area contributed by atoms with Crippen molar-refractivity contribution >= 4 is 0 Å². The average molecular weight is 121 g/mol. The molecule has 0 amide bonds. The molecule has 0 aromatic carbocycles. The Morgan fingerprint density at radius 1 is 1.78 bits per heavy atom. The van der Waals surface area contributed by atoms with Gasteiger partial charge in [0.2, 0.25) is 0 Å². The zero-order valence-corrected chi connectivity index (χ0v) is 5.17. The van der Waals surface area contributed by atoms with Gasteiger partial charge in [-0.05, 0) is 12.8 Å². The zero-order chi connectivity index (χ0) is 6.53. The van der Waals surface area contributed by atoms with Gasteiger partial charge in [-0.2, -0.15) is 0 Å². The van der Waals surface area contributed by atoms with Gasteiger partial charge < -0.3 is 4.98 Å². The van der Waals surface area contributed by atoms with Crippen LogP contribution in [0, 0.1) is 6.58 Å². The summed E-state index contributed by atoms with van der Waals surface area (Å²) in [5.41, 5.74) is 1.07. The average Bonchev–Trinajstić information content (AvgIpc) is 2.34. The van der Waals surface area contributed by atoms with Crippen LogP contribution in [0.5, 0.6) is 0 Å². The van der Waals surface area contributed by atoms with Crippen molar-refractivity contribution in [2.75, 3.05) is 0 Å². The molecule has 2 heteroatoms. The third-order valence-electron chi connectivity index (χ3n) is 1.12. The second kappa shape index (κ2) is 3.07. The minimum absolute atomic E-state index is 0.894. The first-order chi connectivity index (χ1) is 4.43. The summed E-state index contributed by atoms with van der Waals surface area (Å²) in [5.74, 6) is 0. The van der Waals surface area contributed by atoms with Crippen molar-refractivity contribution in [2.24, 2.45) is 0 Å². The lowest BCUT2D eigenvalue weighted by atomic mass is 10.2. The number of hydrogen-bond acceptors (Lipinski definition) is 1. The number of rotatable bonds is 3. The number of allylic oxidation sites excluding steroid dienone is 1. The molecule has 0 saturated carbocycles. The monoisotopic (exact) mass is 121 g/mol. The van der Waals surface area contributed by atoms with Crippen LogP contribution in [0.1, 0.15) is 12.1 Å². The quantitative estimate of drug-likeness (QED) is 0.642. The summed E-state index contributed by atoms with van der Waals surface area (Å²) >= 11 is 0. The van der Waals surface area contributed by atoms with E-state index in [0.717, 1.165) is 18.5 Å². The van der Waals surface area contributed by atoms with Crippen LogP contribution in [-0.2, 0) is 6.42 Å². The summed E-state index contributed by atoms with van der Waals surface area (Å²) in [5, 5.41) is 0. The predicted octanol–water partition coefficient (Wildman–Crippen LogP) is 1.33. The highest BCUT2D eigenvalue weighted by Gasteiger charge is 1.89. The van der Waals surface area contributed by atoms with Crippen molar-refractivity contribution < 1.29 is 0 Å². The number of nitrogens with zero attached hydrogens (tertiary/aromatic N) is 1. The molecule has 0 saturated heterocycles. The van der Waals surface area contributed by atoms with E-state index in [1.165, 1.54) is 0 Å². The maximum atomic E-state index is 5.18. The van der Waals surface area contributed by atoms with Crippen molar-refractivity contribution in [3.05, 3.63) is 30.9 Å². The molecule has 0 spiro atoms. The lowest BCUT2D eigenvalue weighted by Gasteiger charge is -1.86. The van der Waals surface area contributed by atoms with E-state index in [2.05, 4.69) is 9.97 Å². The van der Waals surface area contributed by atoms with Crippen LogP contribution in [0.4, 0.5) is 0 Å². The van der Waals surface area contributed by atoms with Gasteiger partial charge >= 0.3 is 0 Å². The van der Waals surface area contributed by atoms with Gasteiger partial charge in [0.1, 0.15) is 0 Å². The first-order valence-electron chi connectivity index (χ1n) is 2.94. The second-order valence-electron chi connectivity index (χ2n) is 1.83. The van der Waals surface area contributed by atoms with E-state index in [1.807, 2.05) is 6.20 Å². The molecule has 1 N–H and O–H groups in total. The van der Waals surface area contributed by atoms with E-state index in [-0.39, 0.29) is 0 Å². The Labute approximate surface area is 54.6 Å². The first-order valence-corrected chi connectivity index (χ1v) is 2.94. The molecule has 0 atom stereocenters. The molecule has 1 heterocycles. The van der Waals surface area contributed by atoms with Crippen LogP contribution in [0.2, 0.25) is 0 Å². The SMILES string of the molecule is [CH]=CCCc1c[nH]cn1. The Bertz CT molecular complexity index is 165. The molecule has 1 aromatic heterocycles. The summed E-state index contributed by atoms with van der Waals surface area (Å²) in [6, 6.07) is 0. The summed E-state index contributed by atoms with van der Waals surface area (Å²) in [4.78, 5) is 6.90. The topological polar surface area (TPSA) is 28.7 Å². The Balaban J connectivity index is 2.38.